The topological polar surface area (TPSA) is 84.5 Å². The average Bonchev–Trinajstić information content (AvgIpc) is 2.36. The van der Waals surface area contributed by atoms with Gasteiger partial charge in [-0.25, -0.2) is 12.8 Å². The summed E-state index contributed by atoms with van der Waals surface area (Å²) in [5, 5.41) is 2.66. The Labute approximate surface area is 130 Å². The van der Waals surface area contributed by atoms with Gasteiger partial charge in [-0.3, -0.25) is 4.79 Å². The third-order valence-electron chi connectivity index (χ3n) is 2.64. The molecule has 0 bridgehead atoms. The van der Waals surface area contributed by atoms with Gasteiger partial charge in [0.15, 0.2) is 0 Å². The van der Waals surface area contributed by atoms with Crippen molar-refractivity contribution in [2.24, 2.45) is 0 Å². The Balaban J connectivity index is 3.01. The molecule has 1 amide bonds. The minimum absolute atomic E-state index is 0.00247. The largest absolute Gasteiger partial charge is 0.495 e. The first-order valence-electron chi connectivity index (χ1n) is 6.64. The first-order valence-corrected chi connectivity index (χ1v) is 8.12. The molecular formula is C14H21FN2O4S. The van der Waals surface area contributed by atoms with Gasteiger partial charge in [-0.1, -0.05) is 0 Å². The fourth-order valence-corrected chi connectivity index (χ4v) is 3.07. The van der Waals surface area contributed by atoms with Crippen molar-refractivity contribution in [3.63, 3.8) is 0 Å². The van der Waals surface area contributed by atoms with Crippen LogP contribution in [0.2, 0.25) is 0 Å². The van der Waals surface area contributed by atoms with E-state index < -0.39 is 33.3 Å². The van der Waals surface area contributed by atoms with E-state index in [-0.39, 0.29) is 10.6 Å². The minimum atomic E-state index is -4.10. The molecule has 2 N–H and O–H groups in total. The molecule has 6 nitrogen and oxygen atoms in total. The first kappa shape index (κ1) is 18.4. The summed E-state index contributed by atoms with van der Waals surface area (Å²) in [6, 6.07) is 2.13. The van der Waals surface area contributed by atoms with Crippen LogP contribution in [0.3, 0.4) is 0 Å². The predicted octanol–water partition coefficient (Wildman–Crippen LogP) is 1.42. The molecule has 0 saturated carbocycles. The lowest BCUT2D eigenvalue weighted by atomic mass is 10.1. The lowest BCUT2D eigenvalue weighted by Gasteiger charge is -2.23. The Morgan fingerprint density at radius 1 is 1.32 bits per heavy atom. The Morgan fingerprint density at radius 2 is 1.91 bits per heavy atom. The maximum Gasteiger partial charge on any atom is 0.245 e. The lowest BCUT2D eigenvalue weighted by molar-refractivity contribution is -0.123. The molecule has 22 heavy (non-hydrogen) atoms. The van der Waals surface area contributed by atoms with E-state index in [1.54, 1.807) is 20.8 Å². The molecule has 1 unspecified atom stereocenters. The molecule has 0 saturated heterocycles. The zero-order chi connectivity index (χ0) is 17.1. The molecule has 1 aromatic carbocycles. The van der Waals surface area contributed by atoms with E-state index in [0.29, 0.717) is 0 Å². The van der Waals surface area contributed by atoms with Crippen LogP contribution in [-0.4, -0.2) is 33.0 Å². The quantitative estimate of drug-likeness (QED) is 0.854. The summed E-state index contributed by atoms with van der Waals surface area (Å²) in [6.45, 7) is 6.75. The van der Waals surface area contributed by atoms with Gasteiger partial charge in [0.1, 0.15) is 16.5 Å². The van der Waals surface area contributed by atoms with E-state index in [2.05, 4.69) is 10.0 Å². The van der Waals surface area contributed by atoms with Gasteiger partial charge in [0.05, 0.1) is 13.2 Å². The van der Waals surface area contributed by atoms with Gasteiger partial charge < -0.3 is 10.1 Å². The number of hydrogen-bond acceptors (Lipinski definition) is 4. The fourth-order valence-electron chi connectivity index (χ4n) is 1.69. The lowest BCUT2D eigenvalue weighted by Crippen LogP contribution is -2.50. The number of ether oxygens (including phenoxy) is 1. The van der Waals surface area contributed by atoms with Gasteiger partial charge in [0, 0.05) is 5.54 Å². The van der Waals surface area contributed by atoms with E-state index in [0.717, 1.165) is 12.1 Å². The molecule has 1 rings (SSSR count). The van der Waals surface area contributed by atoms with Crippen LogP contribution in [0.5, 0.6) is 5.75 Å². The average molecular weight is 332 g/mol. The number of rotatable bonds is 5. The highest BCUT2D eigenvalue weighted by Crippen LogP contribution is 2.24. The minimum Gasteiger partial charge on any atom is -0.495 e. The number of carbonyl (C=O) groups is 1. The van der Waals surface area contributed by atoms with Crippen LogP contribution >= 0.6 is 0 Å². The number of methoxy groups -OCH3 is 1. The van der Waals surface area contributed by atoms with E-state index in [9.17, 15) is 17.6 Å². The van der Waals surface area contributed by atoms with E-state index in [1.165, 1.54) is 20.1 Å². The van der Waals surface area contributed by atoms with Crippen LogP contribution in [0.1, 0.15) is 27.7 Å². The molecule has 124 valence electrons. The zero-order valence-electron chi connectivity index (χ0n) is 13.2. The fraction of sp³-hybridized carbons (Fsp3) is 0.500. The maximum absolute atomic E-state index is 13.3. The van der Waals surface area contributed by atoms with Crippen molar-refractivity contribution >= 4 is 15.9 Å². The maximum atomic E-state index is 13.3. The predicted molar refractivity (Wildman–Crippen MR) is 80.6 cm³/mol. The van der Waals surface area contributed by atoms with Crippen LogP contribution < -0.4 is 14.8 Å². The van der Waals surface area contributed by atoms with Crippen molar-refractivity contribution in [3.05, 3.63) is 24.0 Å². The third kappa shape index (κ3) is 4.96. The second kappa shape index (κ2) is 6.62. The second-order valence-electron chi connectivity index (χ2n) is 5.88. The summed E-state index contributed by atoms with van der Waals surface area (Å²) in [5.74, 6) is -1.20. The number of halogens is 1. The molecule has 0 spiro atoms. The molecule has 0 radical (unpaired) electrons. The van der Waals surface area contributed by atoms with E-state index in [1.807, 2.05) is 0 Å². The standard InChI is InChI=1S/C14H21FN2O4S/c1-9(13(18)16-14(2,3)4)17-22(19,20)12-8-10(15)6-7-11(12)21-5/h6-9,17H,1-5H3,(H,16,18). The normalized spacial score (nSPS) is 13.5. The summed E-state index contributed by atoms with van der Waals surface area (Å²) in [5.41, 5.74) is -0.493. The number of benzene rings is 1. The van der Waals surface area contributed by atoms with Crippen molar-refractivity contribution in [2.45, 2.75) is 44.2 Å². The molecule has 0 aromatic heterocycles. The number of carbonyl (C=O) groups excluding carboxylic acids is 1. The molecule has 0 fully saturated rings. The monoisotopic (exact) mass is 332 g/mol. The van der Waals surface area contributed by atoms with Crippen LogP contribution in [0.15, 0.2) is 23.1 Å². The molecule has 0 heterocycles. The van der Waals surface area contributed by atoms with Crippen LogP contribution in [0.25, 0.3) is 0 Å². The first-order chi connectivity index (χ1) is 9.96. The van der Waals surface area contributed by atoms with Crippen molar-refractivity contribution in [1.29, 1.82) is 0 Å². The van der Waals surface area contributed by atoms with Gasteiger partial charge >= 0.3 is 0 Å². The van der Waals surface area contributed by atoms with Gasteiger partial charge in [0.2, 0.25) is 15.9 Å². The van der Waals surface area contributed by atoms with Crippen molar-refractivity contribution < 1.29 is 22.3 Å². The second-order valence-corrected chi connectivity index (χ2v) is 7.56. The molecule has 8 heteroatoms. The zero-order valence-corrected chi connectivity index (χ0v) is 14.0. The summed E-state index contributed by atoms with van der Waals surface area (Å²) in [7, 11) is -2.82. The summed E-state index contributed by atoms with van der Waals surface area (Å²) >= 11 is 0. The third-order valence-corrected chi connectivity index (χ3v) is 4.20. The Hall–Kier alpha value is -1.67. The number of nitrogens with one attached hydrogen (secondary N) is 2. The number of sulfonamides is 1. The highest BCUT2D eigenvalue weighted by Gasteiger charge is 2.27. The van der Waals surface area contributed by atoms with Crippen LogP contribution in [-0.2, 0) is 14.8 Å². The van der Waals surface area contributed by atoms with Gasteiger partial charge in [-0.2, -0.15) is 4.72 Å². The van der Waals surface area contributed by atoms with Crippen LogP contribution in [0.4, 0.5) is 4.39 Å². The molecule has 0 aliphatic carbocycles. The van der Waals surface area contributed by atoms with Crippen molar-refractivity contribution in [1.82, 2.24) is 10.0 Å². The summed E-state index contributed by atoms with van der Waals surface area (Å²) < 4.78 is 45.1. The molecule has 1 aromatic rings. The Morgan fingerprint density at radius 3 is 2.41 bits per heavy atom. The van der Waals surface area contributed by atoms with Crippen molar-refractivity contribution in [2.75, 3.05) is 7.11 Å². The molecule has 0 aliphatic rings. The van der Waals surface area contributed by atoms with Crippen LogP contribution in [0, 0.1) is 5.82 Å². The molecular weight excluding hydrogens is 311 g/mol. The Bertz CT molecular complexity index is 653. The van der Waals surface area contributed by atoms with E-state index >= 15 is 0 Å². The SMILES string of the molecule is COc1ccc(F)cc1S(=O)(=O)NC(C)C(=O)NC(C)(C)C. The van der Waals surface area contributed by atoms with Gasteiger partial charge in [0.25, 0.3) is 0 Å². The smallest absolute Gasteiger partial charge is 0.245 e. The highest BCUT2D eigenvalue weighted by atomic mass is 32.2. The summed E-state index contributed by atoms with van der Waals surface area (Å²) in [6.07, 6.45) is 0. The van der Waals surface area contributed by atoms with E-state index in [4.69, 9.17) is 4.74 Å². The Kier molecular flexibility index (Phi) is 5.53. The number of amides is 1. The highest BCUT2D eigenvalue weighted by molar-refractivity contribution is 7.89. The molecule has 0 aliphatic heterocycles. The molecule has 1 atom stereocenters. The number of hydrogen-bond donors (Lipinski definition) is 2. The van der Waals surface area contributed by atoms with Gasteiger partial charge in [-0.05, 0) is 45.9 Å². The van der Waals surface area contributed by atoms with Crippen molar-refractivity contribution in [3.8, 4) is 5.75 Å². The van der Waals surface area contributed by atoms with Gasteiger partial charge in [-0.15, -0.1) is 0 Å². The summed E-state index contributed by atoms with van der Waals surface area (Å²) in [4.78, 5) is 11.6.